The molecule has 7 heterocycles. The van der Waals surface area contributed by atoms with Crippen LogP contribution >= 0.6 is 7.82 Å². The summed E-state index contributed by atoms with van der Waals surface area (Å²) in [5.74, 6) is -6.27. The Morgan fingerprint density at radius 3 is 2.00 bits per heavy atom. The topological polar surface area (TPSA) is 461 Å². The van der Waals surface area contributed by atoms with Gasteiger partial charge in [-0.15, -0.1) is 0 Å². The van der Waals surface area contributed by atoms with Gasteiger partial charge < -0.3 is 80.8 Å². The second-order valence-corrected chi connectivity index (χ2v) is 29.4. The fourth-order valence-corrected chi connectivity index (χ4v) is 17.8. The number of ether oxygens (including phenoxy) is 1. The predicted molar refractivity (Wildman–Crippen MR) is 331 cm³/mol. The summed E-state index contributed by atoms with van der Waals surface area (Å²) >= 11 is 0. The Balaban J connectivity index is 1.18. The number of H-pyrrole nitrogens is 1. The SMILES string of the molecule is C/C1=C2/N[C@H]([C@H](CC(N)=O)[C@@]2(C)CCC(=O)NC[C@@H](C)OP(=O)(O)O[C@H]2[C@@H](O)[C@@H]([n+]3c[nH]c4cc(C)c(C)cc43)O[C@@H]2CO)[C@]2(C)N/C(=C(/C)C3N/C(=C\C4NC1[C@@H](CCC(N)=O)C4(C)C)[C@@H](CCC(N)=O)[C@]3(C)CC(N)=O)[C@@H](CCC(N)=O)[C@]2(C)CC(N)=O. The van der Waals surface area contributed by atoms with Gasteiger partial charge in [0.15, 0.2) is 11.0 Å². The van der Waals surface area contributed by atoms with Crippen molar-refractivity contribution in [2.45, 2.75) is 207 Å². The molecule has 27 nitrogen and oxygen atoms in total. The number of carbonyl (C=O) groups is 7. The van der Waals surface area contributed by atoms with Crippen molar-refractivity contribution in [3.05, 3.63) is 63.9 Å². The van der Waals surface area contributed by atoms with Gasteiger partial charge in [-0.05, 0) is 119 Å². The van der Waals surface area contributed by atoms with Crippen LogP contribution in [0.2, 0.25) is 0 Å². The fraction of sp³-hybridized carbons (Fsp3) is 0.677. The first-order valence-corrected chi connectivity index (χ1v) is 32.6. The average molecular weight is 1280 g/mol. The van der Waals surface area contributed by atoms with Gasteiger partial charge in [0.1, 0.15) is 18.3 Å². The van der Waals surface area contributed by atoms with E-state index in [0.717, 1.165) is 27.9 Å². The predicted octanol–water partition coefficient (Wildman–Crippen LogP) is 1.13. The summed E-state index contributed by atoms with van der Waals surface area (Å²) in [6.07, 6.45) is -2.96. The van der Waals surface area contributed by atoms with E-state index in [1.165, 1.54) is 6.92 Å². The number of aromatic nitrogens is 2. The van der Waals surface area contributed by atoms with E-state index in [2.05, 4.69) is 51.5 Å². The van der Waals surface area contributed by atoms with Crippen LogP contribution in [0.3, 0.4) is 0 Å². The number of amides is 7. The van der Waals surface area contributed by atoms with E-state index in [1.807, 2.05) is 67.5 Å². The van der Waals surface area contributed by atoms with Crippen molar-refractivity contribution in [1.82, 2.24) is 31.6 Å². The Kier molecular flexibility index (Phi) is 20.0. The Hall–Kier alpha value is -6.45. The Bertz CT molecular complexity index is 3330. The maximum absolute atomic E-state index is 14.4. The minimum atomic E-state index is -5.04. The van der Waals surface area contributed by atoms with Gasteiger partial charge in [0, 0.05) is 115 Å². The van der Waals surface area contributed by atoms with Crippen LogP contribution in [0.4, 0.5) is 0 Å². The van der Waals surface area contributed by atoms with Crippen molar-refractivity contribution < 1.29 is 71.6 Å². The average Bonchev–Trinajstić information content (AvgIpc) is 1.53. The van der Waals surface area contributed by atoms with E-state index in [9.17, 15) is 53.2 Å². The Labute approximate surface area is 525 Å². The highest BCUT2D eigenvalue weighted by molar-refractivity contribution is 7.47. The molecule has 0 saturated carbocycles. The van der Waals surface area contributed by atoms with Gasteiger partial charge in [-0.3, -0.25) is 42.6 Å². The molecular weight excluding hydrogens is 1180 g/mol. The number of nitrogens with zero attached hydrogens (tertiary/aromatic N) is 1. The second-order valence-electron chi connectivity index (χ2n) is 28.0. The minimum absolute atomic E-state index is 0.0226. The Morgan fingerprint density at radius 1 is 0.789 bits per heavy atom. The quantitative estimate of drug-likeness (QED) is 0.0464. The number of phosphoric ester groups is 1. The highest BCUT2D eigenvalue weighted by Crippen LogP contribution is 2.63. The number of aromatic amines is 1. The van der Waals surface area contributed by atoms with Gasteiger partial charge in [-0.2, -0.15) is 4.57 Å². The molecule has 5 saturated heterocycles. The lowest BCUT2D eigenvalue weighted by Gasteiger charge is -2.49. The van der Waals surface area contributed by atoms with Crippen molar-refractivity contribution in [1.29, 1.82) is 0 Å². The third-order valence-electron chi connectivity index (χ3n) is 21.8. The van der Waals surface area contributed by atoms with Gasteiger partial charge in [0.2, 0.25) is 53.9 Å². The summed E-state index contributed by atoms with van der Waals surface area (Å²) in [7, 11) is -5.04. The summed E-state index contributed by atoms with van der Waals surface area (Å²) in [5.41, 5.74) is 38.1. The van der Waals surface area contributed by atoms with E-state index in [4.69, 9.17) is 48.2 Å². The molecule has 8 rings (SSSR count). The van der Waals surface area contributed by atoms with Crippen molar-refractivity contribution in [2.24, 2.45) is 79.7 Å². The van der Waals surface area contributed by atoms with Crippen LogP contribution in [0.15, 0.2) is 52.8 Å². The smallest absolute Gasteiger partial charge is 0.394 e. The van der Waals surface area contributed by atoms with E-state index < -0.39 is 156 Å². The molecule has 0 spiro atoms. The number of nitrogens with two attached hydrogens (primary N) is 6. The molecule has 28 heteroatoms. The molecule has 8 bridgehead atoms. The largest absolute Gasteiger partial charge is 0.472 e. The zero-order valence-electron chi connectivity index (χ0n) is 53.7. The van der Waals surface area contributed by atoms with Crippen LogP contribution in [0.25, 0.3) is 11.0 Å². The number of hydrogen-bond acceptors (Lipinski definition) is 17. The lowest BCUT2D eigenvalue weighted by Crippen LogP contribution is -2.63. The fourth-order valence-electron chi connectivity index (χ4n) is 16.6. The first kappa shape index (κ1) is 69.4. The highest BCUT2D eigenvalue weighted by Gasteiger charge is 2.67. The number of carbonyl (C=O) groups excluding carboxylic acids is 7. The number of aliphatic hydroxyl groups is 2. The molecule has 4 unspecified atom stereocenters. The molecule has 90 heavy (non-hydrogen) atoms. The van der Waals surface area contributed by atoms with Crippen LogP contribution in [-0.4, -0.2) is 129 Å². The molecule has 0 radical (unpaired) electrons. The van der Waals surface area contributed by atoms with E-state index in [0.29, 0.717) is 28.9 Å². The van der Waals surface area contributed by atoms with Gasteiger partial charge >= 0.3 is 7.82 Å². The van der Waals surface area contributed by atoms with Gasteiger partial charge in [0.05, 0.1) is 30.3 Å². The third-order valence-corrected chi connectivity index (χ3v) is 22.9. The molecule has 6 aliphatic heterocycles. The minimum Gasteiger partial charge on any atom is -0.394 e. The molecule has 1 aromatic carbocycles. The number of aliphatic hydroxyl groups excluding tert-OH is 2. The number of nitrogens with one attached hydrogen (secondary N) is 6. The third kappa shape index (κ3) is 13.2. The molecule has 1 aromatic heterocycles. The van der Waals surface area contributed by atoms with Crippen molar-refractivity contribution in [3.63, 3.8) is 0 Å². The summed E-state index contributed by atoms with van der Waals surface area (Å²) in [5, 5.41) is 40.2. The van der Waals surface area contributed by atoms with E-state index in [1.54, 1.807) is 10.9 Å². The van der Waals surface area contributed by atoms with Gasteiger partial charge in [-0.25, -0.2) is 9.55 Å². The van der Waals surface area contributed by atoms with Gasteiger partial charge in [-0.1, -0.05) is 34.6 Å². The van der Waals surface area contributed by atoms with Crippen molar-refractivity contribution >= 4 is 60.2 Å². The van der Waals surface area contributed by atoms with Crippen LogP contribution in [0, 0.1) is 59.2 Å². The molecular formula is C62H97N13O14P+. The maximum atomic E-state index is 14.4. The van der Waals surface area contributed by atoms with Crippen LogP contribution in [-0.2, 0) is 51.9 Å². The summed E-state index contributed by atoms with van der Waals surface area (Å²) in [6.45, 7) is 20.2. The van der Waals surface area contributed by atoms with Crippen LogP contribution < -0.4 is 65.6 Å². The van der Waals surface area contributed by atoms with Crippen molar-refractivity contribution in [3.8, 4) is 0 Å². The highest BCUT2D eigenvalue weighted by atomic mass is 31.2. The molecule has 0 aliphatic carbocycles. The molecule has 498 valence electrons. The number of rotatable bonds is 26. The summed E-state index contributed by atoms with van der Waals surface area (Å²) in [4.78, 5) is 108. The normalized spacial score (nSPS) is 36.7. The number of allylic oxidation sites excluding steroid dienone is 3. The summed E-state index contributed by atoms with van der Waals surface area (Å²) in [6, 6.07) is 1.39. The zero-order chi connectivity index (χ0) is 66.7. The molecule has 21 N–H and O–H groups in total. The monoisotopic (exact) mass is 1280 g/mol. The molecule has 7 amide bonds. The number of phosphoric acid groups is 1. The van der Waals surface area contributed by atoms with Gasteiger partial charge in [0.25, 0.3) is 0 Å². The van der Waals surface area contributed by atoms with E-state index in [-0.39, 0.29) is 76.7 Å². The Morgan fingerprint density at radius 2 is 1.40 bits per heavy atom. The molecule has 2 aromatic rings. The lowest BCUT2D eigenvalue weighted by atomic mass is 9.57. The number of imidazole rings is 1. The first-order valence-electron chi connectivity index (χ1n) is 31.1. The van der Waals surface area contributed by atoms with E-state index >= 15 is 0 Å². The molecule has 5 fully saturated rings. The molecule has 18 atom stereocenters. The zero-order valence-corrected chi connectivity index (χ0v) is 54.6. The number of primary amides is 6. The number of hydrogen-bond donors (Lipinski definition) is 15. The second kappa shape index (κ2) is 25.9. The van der Waals surface area contributed by atoms with Crippen LogP contribution in [0.1, 0.15) is 150 Å². The number of benzene rings is 1. The standard InChI is InChI=1S/C62H96N13O14P/c1-29-20-39-40(21-30(29)2)75(28-70-39)57-52(84)53(41(27-76)87-57)89-90(85,86)88-31(3)26-69-49(83)18-19-59(8)37(22-46(66)80)56-62(11)61(10,25-48(68)82)36(14-17-45(65)79)51(74-62)33(5)55-60(9,24-47(67)81)34(12-15-43(63)77)38(71-55)23-42-58(6,7)35(13-16-44(64)78)50(72-42)32(4)54(59)73-56/h20-21,23,28,31,34-37,41-42,50,52-53,55-57,71-74,76,84H,12-19,22,24-27H2,1-11H3,(H14,63,64,65,66,67,68,69,77,78,79,80,81,82,83,85,86)/p+1/b38-23-,51-33-,54-32-/t31-,34-,35-,36-,37+,41-,42?,50?,52-,53-,55?,56-,57+,59-,60+,61+,62+/m1/s1. The lowest BCUT2D eigenvalue weighted by molar-refractivity contribution is -0.743. The van der Waals surface area contributed by atoms with Crippen molar-refractivity contribution in [2.75, 3.05) is 13.2 Å². The number of fused-ring (bicyclic) bond motifs is 10. The first-order chi connectivity index (χ1) is 41.8. The summed E-state index contributed by atoms with van der Waals surface area (Å²) < 4.78 is 32.4. The van der Waals surface area contributed by atoms with Crippen LogP contribution in [0.5, 0.6) is 0 Å². The molecule has 6 aliphatic rings. The maximum Gasteiger partial charge on any atom is 0.472 e. The number of aryl methyl sites for hydroxylation is 2.